The third-order valence-corrected chi connectivity index (χ3v) is 1.51. The number of fused-ring (bicyclic) bond motifs is 1. The van der Waals surface area contributed by atoms with Gasteiger partial charge in [-0.3, -0.25) is 0 Å². The fourth-order valence-corrected chi connectivity index (χ4v) is 0.979. The molecule has 1 aliphatic heterocycles. The summed E-state index contributed by atoms with van der Waals surface area (Å²) in [7, 11) is 0. The molecule has 0 bridgehead atoms. The van der Waals surface area contributed by atoms with E-state index in [0.29, 0.717) is 12.4 Å². The Morgan fingerprint density at radius 3 is 3.00 bits per heavy atom. The lowest BCUT2D eigenvalue weighted by atomic mass is 10.2. The number of para-hydroxylation sites is 1. The molecule has 0 amide bonds. The minimum absolute atomic E-state index is 0.314. The monoisotopic (exact) mass is 150 g/mol. The molecule has 1 aromatic rings. The van der Waals surface area contributed by atoms with E-state index >= 15 is 0 Å². The van der Waals surface area contributed by atoms with Crippen molar-refractivity contribution in [2.45, 2.75) is 6.61 Å². The molecule has 0 aromatic heterocycles. The van der Waals surface area contributed by atoms with Crippen LogP contribution in [0.3, 0.4) is 0 Å². The van der Waals surface area contributed by atoms with Gasteiger partial charge in [0.2, 0.25) is 0 Å². The minimum atomic E-state index is -0.622. The molecule has 11 heavy (non-hydrogen) atoms. The van der Waals surface area contributed by atoms with E-state index in [4.69, 9.17) is 4.74 Å². The lowest BCUT2D eigenvalue weighted by molar-refractivity contribution is 0.0785. The molecule has 0 aliphatic carbocycles. The van der Waals surface area contributed by atoms with Crippen molar-refractivity contribution in [3.63, 3.8) is 0 Å². The molecule has 0 unspecified atom stereocenters. The van der Waals surface area contributed by atoms with Crippen molar-refractivity contribution in [2.75, 3.05) is 0 Å². The Hall–Kier alpha value is -1.51. The maximum absolute atomic E-state index is 10.6. The highest BCUT2D eigenvalue weighted by molar-refractivity contribution is 5.66. The van der Waals surface area contributed by atoms with Gasteiger partial charge < -0.3 is 9.47 Å². The fourth-order valence-electron chi connectivity index (χ4n) is 0.979. The molecule has 0 radical (unpaired) electrons. The van der Waals surface area contributed by atoms with Crippen molar-refractivity contribution in [3.8, 4) is 5.75 Å². The highest BCUT2D eigenvalue weighted by atomic mass is 16.7. The van der Waals surface area contributed by atoms with Crippen LogP contribution in [0.2, 0.25) is 0 Å². The summed E-state index contributed by atoms with van der Waals surface area (Å²) in [5.74, 6) is 0.601. The van der Waals surface area contributed by atoms with E-state index in [2.05, 4.69) is 4.74 Å². The van der Waals surface area contributed by atoms with Crippen molar-refractivity contribution in [3.05, 3.63) is 29.8 Å². The predicted octanol–water partition coefficient (Wildman–Crippen LogP) is 1.72. The van der Waals surface area contributed by atoms with Crippen LogP contribution in [0.1, 0.15) is 5.56 Å². The van der Waals surface area contributed by atoms with Gasteiger partial charge in [-0.05, 0) is 6.07 Å². The van der Waals surface area contributed by atoms with E-state index in [1.54, 1.807) is 6.07 Å². The summed E-state index contributed by atoms with van der Waals surface area (Å²) in [5, 5.41) is 0. The first-order valence-corrected chi connectivity index (χ1v) is 3.29. The molecule has 3 nitrogen and oxygen atoms in total. The van der Waals surface area contributed by atoms with Crippen LogP contribution in [0.25, 0.3) is 0 Å². The van der Waals surface area contributed by atoms with Crippen LogP contribution in [-0.2, 0) is 11.3 Å². The van der Waals surface area contributed by atoms with Crippen molar-refractivity contribution >= 4 is 6.16 Å². The summed E-state index contributed by atoms with van der Waals surface area (Å²) in [6, 6.07) is 7.30. The summed E-state index contributed by atoms with van der Waals surface area (Å²) < 4.78 is 9.41. The van der Waals surface area contributed by atoms with E-state index in [9.17, 15) is 4.79 Å². The van der Waals surface area contributed by atoms with Crippen molar-refractivity contribution in [1.29, 1.82) is 0 Å². The van der Waals surface area contributed by atoms with Gasteiger partial charge in [-0.15, -0.1) is 0 Å². The van der Waals surface area contributed by atoms with Gasteiger partial charge in [0.15, 0.2) is 0 Å². The Morgan fingerprint density at radius 2 is 2.09 bits per heavy atom. The van der Waals surface area contributed by atoms with E-state index in [0.717, 1.165) is 5.56 Å². The summed E-state index contributed by atoms with van der Waals surface area (Å²) >= 11 is 0. The smallest absolute Gasteiger partial charge is 0.429 e. The second kappa shape index (κ2) is 2.27. The third kappa shape index (κ3) is 1.05. The number of hydrogen-bond donors (Lipinski definition) is 0. The van der Waals surface area contributed by atoms with E-state index in [-0.39, 0.29) is 0 Å². The topological polar surface area (TPSA) is 35.5 Å². The molecule has 0 atom stereocenters. The zero-order valence-corrected chi connectivity index (χ0v) is 5.74. The van der Waals surface area contributed by atoms with E-state index < -0.39 is 6.16 Å². The van der Waals surface area contributed by atoms with Gasteiger partial charge in [0, 0.05) is 5.56 Å². The number of hydrogen-bond acceptors (Lipinski definition) is 3. The van der Waals surface area contributed by atoms with Gasteiger partial charge in [0.25, 0.3) is 0 Å². The fraction of sp³-hybridized carbons (Fsp3) is 0.125. The maximum Gasteiger partial charge on any atom is 0.514 e. The summed E-state index contributed by atoms with van der Waals surface area (Å²) in [5.41, 5.74) is 0.909. The van der Waals surface area contributed by atoms with E-state index in [1.165, 1.54) is 0 Å². The first kappa shape index (κ1) is 6.22. The van der Waals surface area contributed by atoms with Crippen LogP contribution in [0, 0.1) is 0 Å². The lowest BCUT2D eigenvalue weighted by Crippen LogP contribution is -2.16. The van der Waals surface area contributed by atoms with Crippen molar-refractivity contribution in [2.24, 2.45) is 0 Å². The summed E-state index contributed by atoms with van der Waals surface area (Å²) in [6.07, 6.45) is -0.622. The van der Waals surface area contributed by atoms with E-state index in [1.807, 2.05) is 18.2 Å². The average Bonchev–Trinajstić information content (AvgIpc) is 2.04. The van der Waals surface area contributed by atoms with Crippen molar-refractivity contribution in [1.82, 2.24) is 0 Å². The van der Waals surface area contributed by atoms with Gasteiger partial charge in [-0.2, -0.15) is 0 Å². The quantitative estimate of drug-likeness (QED) is 0.417. The highest BCUT2D eigenvalue weighted by Crippen LogP contribution is 2.22. The van der Waals surface area contributed by atoms with Gasteiger partial charge >= 0.3 is 6.16 Å². The maximum atomic E-state index is 10.6. The molecule has 0 saturated carbocycles. The Morgan fingerprint density at radius 1 is 1.27 bits per heavy atom. The molecule has 1 aliphatic rings. The number of carbonyl (C=O) groups excluding carboxylic acids is 1. The van der Waals surface area contributed by atoms with Gasteiger partial charge in [-0.1, -0.05) is 18.2 Å². The third-order valence-electron chi connectivity index (χ3n) is 1.51. The predicted molar refractivity (Wildman–Crippen MR) is 37.3 cm³/mol. The Balaban J connectivity index is 2.41. The second-order valence-corrected chi connectivity index (χ2v) is 2.25. The lowest BCUT2D eigenvalue weighted by Gasteiger charge is -2.14. The number of ether oxygens (including phenoxy) is 2. The Labute approximate surface area is 63.5 Å². The molecular weight excluding hydrogens is 144 g/mol. The molecule has 56 valence electrons. The van der Waals surface area contributed by atoms with Crippen LogP contribution in [0.4, 0.5) is 4.79 Å². The first-order chi connectivity index (χ1) is 5.36. The molecule has 0 saturated heterocycles. The van der Waals surface area contributed by atoms with Gasteiger partial charge in [0.1, 0.15) is 12.4 Å². The first-order valence-electron chi connectivity index (χ1n) is 3.29. The largest absolute Gasteiger partial charge is 0.514 e. The highest BCUT2D eigenvalue weighted by Gasteiger charge is 2.16. The van der Waals surface area contributed by atoms with Crippen LogP contribution in [0.5, 0.6) is 5.75 Å². The zero-order chi connectivity index (χ0) is 7.68. The van der Waals surface area contributed by atoms with Crippen LogP contribution < -0.4 is 4.74 Å². The number of rotatable bonds is 0. The normalized spacial score (nSPS) is 14.7. The summed E-state index contributed by atoms with van der Waals surface area (Å²) in [4.78, 5) is 10.6. The SMILES string of the molecule is O=C1OCc2ccccc2O1. The van der Waals surface area contributed by atoms with Gasteiger partial charge in [-0.25, -0.2) is 4.79 Å². The number of cyclic esters (lactones) is 1. The van der Waals surface area contributed by atoms with Gasteiger partial charge in [0.05, 0.1) is 0 Å². The summed E-state index contributed by atoms with van der Waals surface area (Å²) in [6.45, 7) is 0.314. The van der Waals surface area contributed by atoms with Crippen molar-refractivity contribution < 1.29 is 14.3 Å². The molecule has 0 spiro atoms. The average molecular weight is 150 g/mol. The van der Waals surface area contributed by atoms with Crippen LogP contribution in [0.15, 0.2) is 24.3 Å². The standard InChI is InChI=1S/C8H6O3/c9-8-10-5-6-3-1-2-4-7(6)11-8/h1-4H,5H2. The molecule has 3 heteroatoms. The molecule has 0 fully saturated rings. The zero-order valence-electron chi connectivity index (χ0n) is 5.74. The molecule has 1 aromatic carbocycles. The Bertz CT molecular complexity index is 293. The van der Waals surface area contributed by atoms with Crippen LogP contribution in [-0.4, -0.2) is 6.16 Å². The molecule has 0 N–H and O–H groups in total. The molecule has 1 heterocycles. The molecule has 2 rings (SSSR count). The molecular formula is C8H6O3. The second-order valence-electron chi connectivity index (χ2n) is 2.25. The van der Waals surface area contributed by atoms with Crippen LogP contribution >= 0.6 is 0 Å². The number of benzene rings is 1. The number of carbonyl (C=O) groups is 1. The Kier molecular flexibility index (Phi) is 1.28. The minimum Gasteiger partial charge on any atom is -0.429 e.